The topological polar surface area (TPSA) is 3.24 Å². The highest BCUT2D eigenvalue weighted by molar-refractivity contribution is 7.80. The molecule has 2 saturated heterocycles. The fraction of sp³-hybridized carbons (Fsp3) is 1.00. The molecule has 2 heterocycles. The summed E-state index contributed by atoms with van der Waals surface area (Å²) in [5.74, 6) is 0.869. The Balaban J connectivity index is 1.91. The molecule has 0 spiro atoms. The van der Waals surface area contributed by atoms with E-state index in [1.807, 2.05) is 0 Å². The predicted octanol–water partition coefficient (Wildman–Crippen LogP) is 2.43. The predicted molar refractivity (Wildman–Crippen MR) is 64.2 cm³/mol. The minimum atomic E-state index is 0.498. The van der Waals surface area contributed by atoms with Crippen LogP contribution >= 0.6 is 12.6 Å². The van der Waals surface area contributed by atoms with Crippen molar-refractivity contribution in [1.82, 2.24) is 4.90 Å². The molecule has 0 aromatic rings. The van der Waals surface area contributed by atoms with Gasteiger partial charge in [-0.1, -0.05) is 30.9 Å². The molecule has 0 amide bonds. The van der Waals surface area contributed by atoms with Crippen LogP contribution in [-0.2, 0) is 0 Å². The fourth-order valence-corrected chi connectivity index (χ4v) is 4.45. The van der Waals surface area contributed by atoms with Gasteiger partial charge in [0.05, 0.1) is 5.37 Å². The van der Waals surface area contributed by atoms with Crippen LogP contribution in [0.5, 0.6) is 0 Å². The molecular formula is C11H19BNS. The second kappa shape index (κ2) is 2.54. The van der Waals surface area contributed by atoms with Gasteiger partial charge in [0.15, 0.2) is 0 Å². The lowest BCUT2D eigenvalue weighted by Crippen LogP contribution is -2.36. The van der Waals surface area contributed by atoms with Gasteiger partial charge in [-0.2, -0.15) is 12.6 Å². The number of fused-ring (bicyclic) bond motifs is 3. The van der Waals surface area contributed by atoms with Crippen LogP contribution < -0.4 is 0 Å². The Labute approximate surface area is 93.3 Å². The molecule has 1 radical (unpaired) electrons. The third-order valence-electron chi connectivity index (χ3n) is 5.42. The third kappa shape index (κ3) is 0.935. The average molecular weight is 208 g/mol. The summed E-state index contributed by atoms with van der Waals surface area (Å²) in [5, 5.41) is 1.59. The molecule has 14 heavy (non-hydrogen) atoms. The maximum absolute atomic E-state index is 4.68. The third-order valence-corrected chi connectivity index (χ3v) is 5.99. The number of likely N-dealkylation sites (tertiary alicyclic amines) is 1. The number of rotatable bonds is 0. The van der Waals surface area contributed by atoms with E-state index in [1.54, 1.807) is 0 Å². The van der Waals surface area contributed by atoms with E-state index in [0.29, 0.717) is 16.0 Å². The molecule has 1 aliphatic carbocycles. The minimum absolute atomic E-state index is 0.498. The number of nitrogens with zero attached hydrogens (tertiary/aromatic N) is 1. The maximum Gasteiger partial charge on any atom is 0.125 e. The number of thiol groups is 1. The smallest absolute Gasteiger partial charge is 0.125 e. The molecule has 5 atom stereocenters. The zero-order valence-electron chi connectivity index (χ0n) is 9.33. The molecule has 3 aliphatic rings. The minimum Gasteiger partial charge on any atom is -0.291 e. The van der Waals surface area contributed by atoms with E-state index in [0.717, 1.165) is 12.0 Å². The van der Waals surface area contributed by atoms with Crippen molar-refractivity contribution in [2.24, 2.45) is 5.92 Å². The summed E-state index contributed by atoms with van der Waals surface area (Å²) in [6, 6.07) is 0.800. The van der Waals surface area contributed by atoms with Crippen LogP contribution in [-0.4, -0.2) is 30.6 Å². The summed E-state index contributed by atoms with van der Waals surface area (Å²) in [6.45, 7) is 4.90. The first kappa shape index (κ1) is 9.59. The van der Waals surface area contributed by atoms with Gasteiger partial charge in [-0.25, -0.2) is 0 Å². The van der Waals surface area contributed by atoms with Crippen molar-refractivity contribution in [2.75, 3.05) is 7.05 Å². The van der Waals surface area contributed by atoms with Crippen molar-refractivity contribution in [2.45, 2.75) is 55.2 Å². The van der Waals surface area contributed by atoms with Gasteiger partial charge in [0.1, 0.15) is 7.28 Å². The van der Waals surface area contributed by atoms with E-state index in [9.17, 15) is 0 Å². The maximum atomic E-state index is 4.68. The molecule has 3 heteroatoms. The zero-order valence-corrected chi connectivity index (χ0v) is 10.2. The highest BCUT2D eigenvalue weighted by atomic mass is 32.1. The monoisotopic (exact) mass is 208 g/mol. The van der Waals surface area contributed by atoms with Crippen molar-refractivity contribution < 1.29 is 0 Å². The van der Waals surface area contributed by atoms with Crippen LogP contribution in [0.1, 0.15) is 33.1 Å². The average Bonchev–Trinajstić information content (AvgIpc) is 2.57. The quantitative estimate of drug-likeness (QED) is 0.472. The first-order valence-corrected chi connectivity index (χ1v) is 6.27. The van der Waals surface area contributed by atoms with Crippen LogP contribution in [0.4, 0.5) is 0 Å². The molecule has 77 valence electrons. The zero-order chi connectivity index (χ0) is 10.1. The van der Waals surface area contributed by atoms with Crippen molar-refractivity contribution in [3.8, 4) is 0 Å². The lowest BCUT2D eigenvalue weighted by molar-refractivity contribution is 0.177. The second-order valence-corrected chi connectivity index (χ2v) is 6.53. The van der Waals surface area contributed by atoms with E-state index < -0.39 is 0 Å². The van der Waals surface area contributed by atoms with E-state index in [2.05, 4.69) is 45.7 Å². The Morgan fingerprint density at radius 1 is 1.43 bits per heavy atom. The van der Waals surface area contributed by atoms with Crippen LogP contribution in [0.3, 0.4) is 0 Å². The van der Waals surface area contributed by atoms with Crippen LogP contribution in [0.25, 0.3) is 0 Å². The van der Waals surface area contributed by atoms with Crippen molar-refractivity contribution in [1.29, 1.82) is 0 Å². The van der Waals surface area contributed by atoms with E-state index in [-0.39, 0.29) is 0 Å². The summed E-state index contributed by atoms with van der Waals surface area (Å²) < 4.78 is 0. The summed E-state index contributed by atoms with van der Waals surface area (Å²) in [7, 11) is 4.85. The second-order valence-electron chi connectivity index (χ2n) is 5.94. The number of hydrogen-bond acceptors (Lipinski definition) is 2. The van der Waals surface area contributed by atoms with Crippen LogP contribution in [0.15, 0.2) is 0 Å². The standard InChI is InChI=1S/C11H19BNS/c1-10-5-4-8-7(11(10,2)12-10)6-9(14)13(8)3/h7-9,14H,4-6H2,1-3H3. The van der Waals surface area contributed by atoms with Gasteiger partial charge in [-0.3, -0.25) is 4.90 Å². The van der Waals surface area contributed by atoms with Crippen LogP contribution in [0, 0.1) is 5.92 Å². The molecule has 0 N–H and O–H groups in total. The Morgan fingerprint density at radius 3 is 2.86 bits per heavy atom. The highest BCUT2D eigenvalue weighted by Gasteiger charge is 2.69. The van der Waals surface area contributed by atoms with Crippen molar-refractivity contribution in [3.63, 3.8) is 0 Å². The molecule has 1 nitrogen and oxygen atoms in total. The summed E-state index contributed by atoms with van der Waals surface area (Å²) in [5.41, 5.74) is 0. The molecule has 2 aliphatic heterocycles. The molecule has 0 aromatic heterocycles. The Morgan fingerprint density at radius 2 is 2.14 bits per heavy atom. The fourth-order valence-electron chi connectivity index (χ4n) is 4.05. The van der Waals surface area contributed by atoms with E-state index >= 15 is 0 Å². The van der Waals surface area contributed by atoms with Crippen LogP contribution in [0.2, 0.25) is 10.6 Å². The molecule has 3 fully saturated rings. The van der Waals surface area contributed by atoms with Crippen molar-refractivity contribution in [3.05, 3.63) is 0 Å². The normalized spacial score (nSPS) is 61.6. The molecule has 3 rings (SSSR count). The Bertz CT molecular complexity index is 284. The van der Waals surface area contributed by atoms with E-state index in [4.69, 9.17) is 0 Å². The SMILES string of the molecule is CN1C(S)CC2C1CCC1(C)[B]C21C. The highest BCUT2D eigenvalue weighted by Crippen LogP contribution is 2.79. The van der Waals surface area contributed by atoms with Gasteiger partial charge in [0.25, 0.3) is 0 Å². The molecule has 0 aromatic carbocycles. The van der Waals surface area contributed by atoms with Gasteiger partial charge < -0.3 is 0 Å². The first-order chi connectivity index (χ1) is 6.48. The van der Waals surface area contributed by atoms with Gasteiger partial charge >= 0.3 is 0 Å². The Hall–Kier alpha value is 0.375. The largest absolute Gasteiger partial charge is 0.291 e. The summed E-state index contributed by atoms with van der Waals surface area (Å²) >= 11 is 4.68. The van der Waals surface area contributed by atoms with Gasteiger partial charge in [-0.15, -0.1) is 0 Å². The Kier molecular flexibility index (Phi) is 1.74. The van der Waals surface area contributed by atoms with Gasteiger partial charge in [0, 0.05) is 6.04 Å². The first-order valence-electron chi connectivity index (χ1n) is 5.75. The molecular weight excluding hydrogens is 189 g/mol. The number of hydrogen-bond donors (Lipinski definition) is 1. The summed E-state index contributed by atoms with van der Waals surface area (Å²) in [4.78, 5) is 2.49. The van der Waals surface area contributed by atoms with E-state index in [1.165, 1.54) is 19.3 Å². The van der Waals surface area contributed by atoms with Crippen molar-refractivity contribution >= 4 is 19.9 Å². The lowest BCUT2D eigenvalue weighted by atomic mass is 9.70. The molecule has 5 unspecified atom stereocenters. The van der Waals surface area contributed by atoms with Gasteiger partial charge in [0.2, 0.25) is 0 Å². The van der Waals surface area contributed by atoms with Gasteiger partial charge in [-0.05, 0) is 25.8 Å². The molecule has 0 bridgehead atoms. The lowest BCUT2D eigenvalue weighted by Gasteiger charge is -2.39. The molecule has 1 saturated carbocycles. The summed E-state index contributed by atoms with van der Waals surface area (Å²) in [6.07, 6.45) is 4.04.